The molecule has 0 bridgehead atoms. The van der Waals surface area contributed by atoms with E-state index in [0.29, 0.717) is 17.9 Å². The molecule has 2 atom stereocenters. The second kappa shape index (κ2) is 4.28. The molecule has 0 spiro atoms. The number of hydrogen-bond donors (Lipinski definition) is 1. The Bertz CT molecular complexity index is 391. The van der Waals surface area contributed by atoms with E-state index in [2.05, 4.69) is 19.2 Å². The van der Waals surface area contributed by atoms with Crippen LogP contribution >= 0.6 is 0 Å². The van der Waals surface area contributed by atoms with E-state index in [-0.39, 0.29) is 5.91 Å². The van der Waals surface area contributed by atoms with Gasteiger partial charge in [-0.15, -0.1) is 0 Å². The van der Waals surface area contributed by atoms with Crippen molar-refractivity contribution in [3.8, 4) is 0 Å². The smallest absolute Gasteiger partial charge is 0.251 e. The van der Waals surface area contributed by atoms with Crippen molar-refractivity contribution < 1.29 is 4.79 Å². The third-order valence-electron chi connectivity index (χ3n) is 3.66. The summed E-state index contributed by atoms with van der Waals surface area (Å²) >= 11 is 0. The van der Waals surface area contributed by atoms with Crippen LogP contribution in [0.3, 0.4) is 0 Å². The number of aryl methyl sites for hydroxylation is 1. The predicted molar refractivity (Wildman–Crippen MR) is 65.4 cm³/mol. The fraction of sp³-hybridized carbons (Fsp3) is 0.500. The van der Waals surface area contributed by atoms with Crippen molar-refractivity contribution in [2.24, 2.45) is 11.8 Å². The Hall–Kier alpha value is -1.31. The fourth-order valence-corrected chi connectivity index (χ4v) is 2.59. The van der Waals surface area contributed by atoms with E-state index in [0.717, 1.165) is 11.1 Å². The Morgan fingerprint density at radius 3 is 2.44 bits per heavy atom. The maximum absolute atomic E-state index is 12.0. The molecule has 86 valence electrons. The summed E-state index contributed by atoms with van der Waals surface area (Å²) in [6.45, 7) is 6.37. The van der Waals surface area contributed by atoms with Crippen LogP contribution in [0, 0.1) is 18.8 Å². The predicted octanol–water partition coefficient (Wildman–Crippen LogP) is 2.77. The Balaban J connectivity index is 2.06. The molecule has 1 aromatic carbocycles. The molecule has 1 N–H and O–H groups in total. The number of carbonyl (C=O) groups excluding carboxylic acids is 1. The van der Waals surface area contributed by atoms with Crippen molar-refractivity contribution in [3.05, 3.63) is 35.4 Å². The van der Waals surface area contributed by atoms with Gasteiger partial charge in [-0.25, -0.2) is 0 Å². The summed E-state index contributed by atoms with van der Waals surface area (Å²) in [7, 11) is 0. The second-order valence-electron chi connectivity index (χ2n) is 5.00. The van der Waals surface area contributed by atoms with E-state index in [4.69, 9.17) is 0 Å². The van der Waals surface area contributed by atoms with Gasteiger partial charge in [-0.1, -0.05) is 32.0 Å². The molecule has 0 aliphatic heterocycles. The lowest BCUT2D eigenvalue weighted by Gasteiger charge is -2.41. The number of benzene rings is 1. The molecule has 2 rings (SSSR count). The highest BCUT2D eigenvalue weighted by atomic mass is 16.1. The fourth-order valence-electron chi connectivity index (χ4n) is 2.59. The molecule has 2 nitrogen and oxygen atoms in total. The average molecular weight is 217 g/mol. The topological polar surface area (TPSA) is 29.1 Å². The van der Waals surface area contributed by atoms with Crippen molar-refractivity contribution in [1.82, 2.24) is 5.32 Å². The minimum absolute atomic E-state index is 0.0708. The molecule has 0 saturated heterocycles. The van der Waals surface area contributed by atoms with E-state index in [1.54, 1.807) is 0 Å². The van der Waals surface area contributed by atoms with Gasteiger partial charge < -0.3 is 5.32 Å². The maximum atomic E-state index is 12.0. The van der Waals surface area contributed by atoms with Gasteiger partial charge in [0, 0.05) is 11.6 Å². The first-order valence-corrected chi connectivity index (χ1v) is 5.96. The molecule has 1 aliphatic carbocycles. The van der Waals surface area contributed by atoms with Crippen molar-refractivity contribution in [3.63, 3.8) is 0 Å². The van der Waals surface area contributed by atoms with Crippen LogP contribution in [0.25, 0.3) is 0 Å². The summed E-state index contributed by atoms with van der Waals surface area (Å²) in [5.41, 5.74) is 1.84. The molecule has 0 aromatic heterocycles. The summed E-state index contributed by atoms with van der Waals surface area (Å²) in [6, 6.07) is 8.09. The van der Waals surface area contributed by atoms with Crippen LogP contribution in [0.5, 0.6) is 0 Å². The quantitative estimate of drug-likeness (QED) is 0.811. The maximum Gasteiger partial charge on any atom is 0.251 e. The SMILES string of the molecule is Cc1ccccc1C(=O)NC1C(C)CC1C. The largest absolute Gasteiger partial charge is 0.349 e. The average Bonchev–Trinajstić information content (AvgIpc) is 2.26. The number of nitrogens with one attached hydrogen (secondary N) is 1. The van der Waals surface area contributed by atoms with Crippen LogP contribution < -0.4 is 5.32 Å². The summed E-state index contributed by atoms with van der Waals surface area (Å²) in [6.07, 6.45) is 1.22. The molecular formula is C14H19NO. The highest BCUT2D eigenvalue weighted by Gasteiger charge is 2.35. The second-order valence-corrected chi connectivity index (χ2v) is 5.00. The van der Waals surface area contributed by atoms with Gasteiger partial charge in [-0.05, 0) is 36.8 Å². The Labute approximate surface area is 97.1 Å². The van der Waals surface area contributed by atoms with Gasteiger partial charge in [0.05, 0.1) is 0 Å². The van der Waals surface area contributed by atoms with Crippen LogP contribution in [0.4, 0.5) is 0 Å². The molecule has 16 heavy (non-hydrogen) atoms. The lowest BCUT2D eigenvalue weighted by atomic mass is 9.72. The first-order valence-electron chi connectivity index (χ1n) is 5.96. The molecule has 1 amide bonds. The van der Waals surface area contributed by atoms with Gasteiger partial charge in [-0.3, -0.25) is 4.79 Å². The lowest BCUT2D eigenvalue weighted by molar-refractivity contribution is 0.0797. The lowest BCUT2D eigenvalue weighted by Crippen LogP contribution is -2.51. The van der Waals surface area contributed by atoms with E-state index in [9.17, 15) is 4.79 Å². The Kier molecular flexibility index (Phi) is 2.99. The van der Waals surface area contributed by atoms with E-state index in [1.807, 2.05) is 31.2 Å². The van der Waals surface area contributed by atoms with Gasteiger partial charge in [0.2, 0.25) is 0 Å². The molecule has 0 radical (unpaired) electrons. The molecule has 1 saturated carbocycles. The third-order valence-corrected chi connectivity index (χ3v) is 3.66. The standard InChI is InChI=1S/C14H19NO/c1-9-6-4-5-7-12(9)14(16)15-13-10(2)8-11(13)3/h4-7,10-11,13H,8H2,1-3H3,(H,15,16). The summed E-state index contributed by atoms with van der Waals surface area (Å²) in [5, 5.41) is 3.13. The van der Waals surface area contributed by atoms with Gasteiger partial charge in [0.15, 0.2) is 0 Å². The molecule has 1 aliphatic rings. The zero-order valence-electron chi connectivity index (χ0n) is 10.2. The highest BCUT2D eigenvalue weighted by Crippen LogP contribution is 2.33. The third kappa shape index (κ3) is 1.97. The zero-order chi connectivity index (χ0) is 11.7. The number of hydrogen-bond acceptors (Lipinski definition) is 1. The highest BCUT2D eigenvalue weighted by molar-refractivity contribution is 5.95. The molecular weight excluding hydrogens is 198 g/mol. The summed E-state index contributed by atoms with van der Waals surface area (Å²) in [5.74, 6) is 1.30. The molecule has 1 aromatic rings. The van der Waals surface area contributed by atoms with Crippen molar-refractivity contribution in [2.75, 3.05) is 0 Å². The van der Waals surface area contributed by atoms with E-state index >= 15 is 0 Å². The number of rotatable bonds is 2. The van der Waals surface area contributed by atoms with Crippen molar-refractivity contribution in [2.45, 2.75) is 33.2 Å². The molecule has 2 heteroatoms. The normalized spacial score (nSPS) is 28.3. The van der Waals surface area contributed by atoms with E-state index in [1.165, 1.54) is 6.42 Å². The van der Waals surface area contributed by atoms with E-state index < -0.39 is 0 Å². The first kappa shape index (κ1) is 11.2. The van der Waals surface area contributed by atoms with Gasteiger partial charge >= 0.3 is 0 Å². The minimum atomic E-state index is 0.0708. The van der Waals surface area contributed by atoms with Gasteiger partial charge in [0.25, 0.3) is 5.91 Å². The summed E-state index contributed by atoms with van der Waals surface area (Å²) in [4.78, 5) is 12.0. The monoisotopic (exact) mass is 217 g/mol. The molecule has 2 unspecified atom stereocenters. The van der Waals surface area contributed by atoms with Crippen molar-refractivity contribution >= 4 is 5.91 Å². The minimum Gasteiger partial charge on any atom is -0.349 e. The first-order chi connectivity index (χ1) is 7.59. The van der Waals surface area contributed by atoms with Crippen molar-refractivity contribution in [1.29, 1.82) is 0 Å². The molecule has 0 heterocycles. The van der Waals surface area contributed by atoms with Gasteiger partial charge in [0.1, 0.15) is 0 Å². The molecule has 1 fully saturated rings. The van der Waals surface area contributed by atoms with Crippen LogP contribution in [0.15, 0.2) is 24.3 Å². The van der Waals surface area contributed by atoms with Gasteiger partial charge in [-0.2, -0.15) is 0 Å². The number of carbonyl (C=O) groups is 1. The summed E-state index contributed by atoms with van der Waals surface area (Å²) < 4.78 is 0. The van der Waals surface area contributed by atoms with Crippen LogP contribution in [-0.4, -0.2) is 11.9 Å². The Morgan fingerprint density at radius 2 is 1.88 bits per heavy atom. The van der Waals surface area contributed by atoms with Crippen LogP contribution in [0.2, 0.25) is 0 Å². The number of amides is 1. The Morgan fingerprint density at radius 1 is 1.25 bits per heavy atom. The van der Waals surface area contributed by atoms with Crippen LogP contribution in [0.1, 0.15) is 36.2 Å². The van der Waals surface area contributed by atoms with Crippen LogP contribution in [-0.2, 0) is 0 Å². The zero-order valence-corrected chi connectivity index (χ0v) is 10.2.